The first-order chi connectivity index (χ1) is 5.81. The molecule has 0 bridgehead atoms. The van der Waals surface area contributed by atoms with E-state index >= 15 is 0 Å². The van der Waals surface area contributed by atoms with Crippen LogP contribution in [0.15, 0.2) is 17.3 Å². The Labute approximate surface area is 68.6 Å². The number of hydrogen-bond acceptors (Lipinski definition) is 3. The highest BCUT2D eigenvalue weighted by Gasteiger charge is 2.40. The summed E-state index contributed by atoms with van der Waals surface area (Å²) in [6, 6.07) is -0.300. The molecule has 0 saturated carbocycles. The van der Waals surface area contributed by atoms with Crippen LogP contribution in [0.5, 0.6) is 0 Å². The van der Waals surface area contributed by atoms with Crippen molar-refractivity contribution in [3.05, 3.63) is 22.6 Å². The molecular formula is C7H7N3O2. The molecule has 12 heavy (non-hydrogen) atoms. The van der Waals surface area contributed by atoms with E-state index in [1.165, 1.54) is 0 Å². The van der Waals surface area contributed by atoms with Gasteiger partial charge in [-0.05, 0) is 5.53 Å². The second-order valence-corrected chi connectivity index (χ2v) is 2.90. The summed E-state index contributed by atoms with van der Waals surface area (Å²) in [6.45, 7) is 0. The van der Waals surface area contributed by atoms with Gasteiger partial charge in [-0.15, -0.1) is 0 Å². The van der Waals surface area contributed by atoms with Crippen molar-refractivity contribution in [1.82, 2.24) is 0 Å². The molecule has 1 aliphatic carbocycles. The first-order valence-corrected chi connectivity index (χ1v) is 3.73. The molecule has 0 aromatic heterocycles. The van der Waals surface area contributed by atoms with E-state index < -0.39 is 0 Å². The van der Waals surface area contributed by atoms with E-state index in [4.69, 9.17) is 10.3 Å². The van der Waals surface area contributed by atoms with E-state index in [2.05, 4.69) is 10.0 Å². The molecule has 2 aliphatic rings. The number of ether oxygens (including phenoxy) is 1. The van der Waals surface area contributed by atoms with Crippen LogP contribution in [0.25, 0.3) is 10.4 Å². The summed E-state index contributed by atoms with van der Waals surface area (Å²) >= 11 is 0. The summed E-state index contributed by atoms with van der Waals surface area (Å²) in [5.74, 6) is -0.0829. The quantitative estimate of drug-likeness (QED) is 0.192. The monoisotopic (exact) mass is 165 g/mol. The molecular weight excluding hydrogens is 158 g/mol. The van der Waals surface area contributed by atoms with Crippen LogP contribution in [0.1, 0.15) is 6.42 Å². The number of rotatable bonds is 1. The Morgan fingerprint density at radius 3 is 3.25 bits per heavy atom. The summed E-state index contributed by atoms with van der Waals surface area (Å²) < 4.78 is 4.98. The maximum absolute atomic E-state index is 10.8. The Morgan fingerprint density at radius 2 is 2.50 bits per heavy atom. The van der Waals surface area contributed by atoms with Gasteiger partial charge in [0, 0.05) is 10.8 Å². The highest BCUT2D eigenvalue weighted by atomic mass is 16.6. The van der Waals surface area contributed by atoms with E-state index in [1.807, 2.05) is 6.08 Å². The Balaban J connectivity index is 2.18. The van der Waals surface area contributed by atoms with E-state index in [1.54, 1.807) is 6.08 Å². The van der Waals surface area contributed by atoms with Gasteiger partial charge in [-0.2, -0.15) is 0 Å². The van der Waals surface area contributed by atoms with E-state index in [-0.39, 0.29) is 24.0 Å². The van der Waals surface area contributed by atoms with Crippen LogP contribution in [0, 0.1) is 5.92 Å². The van der Waals surface area contributed by atoms with Crippen molar-refractivity contribution >= 4 is 5.97 Å². The number of fused-ring (bicyclic) bond motifs is 1. The van der Waals surface area contributed by atoms with Gasteiger partial charge in [0.25, 0.3) is 0 Å². The normalized spacial score (nSPS) is 37.3. The summed E-state index contributed by atoms with van der Waals surface area (Å²) in [7, 11) is 0. The molecule has 0 unspecified atom stereocenters. The smallest absolute Gasteiger partial charge is 0.306 e. The number of azide groups is 1. The minimum absolute atomic E-state index is 0.119. The van der Waals surface area contributed by atoms with Gasteiger partial charge in [-0.3, -0.25) is 4.79 Å². The van der Waals surface area contributed by atoms with Crippen molar-refractivity contribution in [2.45, 2.75) is 18.6 Å². The molecule has 0 amide bonds. The third-order valence-corrected chi connectivity index (χ3v) is 2.17. The Bertz CT molecular complexity index is 293. The lowest BCUT2D eigenvalue weighted by molar-refractivity contribution is -0.141. The zero-order valence-electron chi connectivity index (χ0n) is 6.25. The number of carbonyl (C=O) groups excluding carboxylic acids is 1. The number of esters is 1. The maximum atomic E-state index is 10.8. The molecule has 62 valence electrons. The third kappa shape index (κ3) is 0.950. The fraction of sp³-hybridized carbons (Fsp3) is 0.571. The van der Waals surface area contributed by atoms with Crippen molar-refractivity contribution < 1.29 is 9.53 Å². The Morgan fingerprint density at radius 1 is 1.67 bits per heavy atom. The Kier molecular flexibility index (Phi) is 1.52. The lowest BCUT2D eigenvalue weighted by atomic mass is 10.0. The van der Waals surface area contributed by atoms with Gasteiger partial charge in [-0.25, -0.2) is 0 Å². The molecule has 1 fully saturated rings. The third-order valence-electron chi connectivity index (χ3n) is 2.17. The van der Waals surface area contributed by atoms with Gasteiger partial charge >= 0.3 is 5.97 Å². The molecule has 2 rings (SSSR count). The van der Waals surface area contributed by atoms with E-state index in [0.29, 0.717) is 6.42 Å². The molecule has 0 aromatic carbocycles. The van der Waals surface area contributed by atoms with Crippen LogP contribution in [0.3, 0.4) is 0 Å². The molecule has 1 aliphatic heterocycles. The van der Waals surface area contributed by atoms with Crippen LogP contribution in [-0.2, 0) is 9.53 Å². The molecule has 0 radical (unpaired) electrons. The number of hydrogen-bond donors (Lipinski definition) is 0. The summed E-state index contributed by atoms with van der Waals surface area (Å²) in [6.07, 6.45) is 3.85. The van der Waals surface area contributed by atoms with Crippen LogP contribution < -0.4 is 0 Å². The average molecular weight is 165 g/mol. The van der Waals surface area contributed by atoms with Crippen molar-refractivity contribution in [2.24, 2.45) is 11.0 Å². The lowest BCUT2D eigenvalue weighted by Gasteiger charge is -2.11. The Hall–Kier alpha value is -1.48. The minimum Gasteiger partial charge on any atom is -0.461 e. The highest BCUT2D eigenvalue weighted by Crippen LogP contribution is 2.32. The molecule has 0 N–H and O–H groups in total. The summed E-state index contributed by atoms with van der Waals surface area (Å²) in [5.41, 5.74) is 8.20. The fourth-order valence-electron chi connectivity index (χ4n) is 1.63. The number of carbonyl (C=O) groups is 1. The van der Waals surface area contributed by atoms with Gasteiger partial charge in [0.1, 0.15) is 6.10 Å². The molecule has 1 saturated heterocycles. The van der Waals surface area contributed by atoms with Crippen LogP contribution in [0.4, 0.5) is 0 Å². The molecule has 3 atom stereocenters. The SMILES string of the molecule is [N-]=[N+]=N[C@@H]1C=C[C@H]2CC(=O)O[C@H]21. The maximum Gasteiger partial charge on any atom is 0.306 e. The minimum atomic E-state index is -0.300. The molecule has 5 heteroatoms. The highest BCUT2D eigenvalue weighted by molar-refractivity contribution is 5.73. The van der Waals surface area contributed by atoms with Crippen molar-refractivity contribution in [1.29, 1.82) is 0 Å². The second kappa shape index (κ2) is 2.53. The molecule has 5 nitrogen and oxygen atoms in total. The van der Waals surface area contributed by atoms with Crippen LogP contribution >= 0.6 is 0 Å². The standard InChI is InChI=1S/C7H7N3O2/c8-10-9-5-2-1-4-3-6(11)12-7(4)5/h1-2,4-5,7H,3H2/t4-,5+,7+/m0/s1. The second-order valence-electron chi connectivity index (χ2n) is 2.90. The summed E-state index contributed by atoms with van der Waals surface area (Å²) in [5, 5.41) is 3.52. The molecule has 0 spiro atoms. The van der Waals surface area contributed by atoms with Crippen molar-refractivity contribution in [2.75, 3.05) is 0 Å². The average Bonchev–Trinajstić information content (AvgIpc) is 2.52. The van der Waals surface area contributed by atoms with Gasteiger partial charge < -0.3 is 4.74 Å². The fourth-order valence-corrected chi connectivity index (χ4v) is 1.63. The van der Waals surface area contributed by atoms with Crippen LogP contribution in [0.2, 0.25) is 0 Å². The lowest BCUT2D eigenvalue weighted by Crippen LogP contribution is -2.22. The first kappa shape index (κ1) is 7.18. The van der Waals surface area contributed by atoms with Gasteiger partial charge in [0.2, 0.25) is 0 Å². The topological polar surface area (TPSA) is 75.1 Å². The molecule has 1 heterocycles. The number of nitrogens with zero attached hydrogens (tertiary/aromatic N) is 3. The predicted molar refractivity (Wildman–Crippen MR) is 40.1 cm³/mol. The van der Waals surface area contributed by atoms with Gasteiger partial charge in [-0.1, -0.05) is 17.3 Å². The van der Waals surface area contributed by atoms with Crippen molar-refractivity contribution in [3.63, 3.8) is 0 Å². The van der Waals surface area contributed by atoms with Crippen LogP contribution in [-0.4, -0.2) is 18.1 Å². The first-order valence-electron chi connectivity index (χ1n) is 3.73. The van der Waals surface area contributed by atoms with Gasteiger partial charge in [0.05, 0.1) is 12.5 Å². The molecule has 0 aromatic rings. The van der Waals surface area contributed by atoms with Gasteiger partial charge in [0.15, 0.2) is 0 Å². The van der Waals surface area contributed by atoms with E-state index in [0.717, 1.165) is 0 Å². The zero-order chi connectivity index (χ0) is 8.55. The van der Waals surface area contributed by atoms with E-state index in [9.17, 15) is 4.79 Å². The predicted octanol–water partition coefficient (Wildman–Crippen LogP) is 1.17. The largest absolute Gasteiger partial charge is 0.461 e. The summed E-state index contributed by atoms with van der Waals surface area (Å²) in [4.78, 5) is 13.5. The van der Waals surface area contributed by atoms with Crippen molar-refractivity contribution in [3.8, 4) is 0 Å². The zero-order valence-corrected chi connectivity index (χ0v) is 6.25.